The molecule has 0 radical (unpaired) electrons. The number of unbranched alkanes of at least 4 members (excludes halogenated alkanes) is 3. The van der Waals surface area contributed by atoms with E-state index in [0.29, 0.717) is 23.0 Å². The number of carbonyl (C=O) groups is 2. The third kappa shape index (κ3) is 5.48. The predicted octanol–water partition coefficient (Wildman–Crippen LogP) is 2.99. The van der Waals surface area contributed by atoms with Crippen molar-refractivity contribution in [1.29, 1.82) is 0 Å². The van der Waals surface area contributed by atoms with Crippen LogP contribution in [0.2, 0.25) is 0 Å². The Bertz CT molecular complexity index is 778. The third-order valence-corrected chi connectivity index (χ3v) is 5.62. The van der Waals surface area contributed by atoms with Gasteiger partial charge in [0.2, 0.25) is 0 Å². The lowest BCUT2D eigenvalue weighted by Crippen LogP contribution is -2.48. The first-order chi connectivity index (χ1) is 13.4. The number of thiocarbonyl (C=S) groups is 1. The molecule has 1 aliphatic heterocycles. The van der Waals surface area contributed by atoms with Crippen LogP contribution in [0.1, 0.15) is 45.1 Å². The van der Waals surface area contributed by atoms with Gasteiger partial charge in [-0.3, -0.25) is 9.69 Å². The number of aliphatic carboxylic acids is 1. The number of benzene rings is 1. The summed E-state index contributed by atoms with van der Waals surface area (Å²) in [4.78, 5) is 25.0. The molecule has 6 nitrogen and oxygen atoms in total. The largest absolute Gasteiger partial charge is 0.548 e. The van der Waals surface area contributed by atoms with Crippen molar-refractivity contribution < 1.29 is 24.2 Å². The van der Waals surface area contributed by atoms with E-state index in [4.69, 9.17) is 21.7 Å². The van der Waals surface area contributed by atoms with Crippen LogP contribution in [-0.4, -0.2) is 40.9 Å². The van der Waals surface area contributed by atoms with E-state index in [9.17, 15) is 14.7 Å². The highest BCUT2D eigenvalue weighted by Gasteiger charge is 2.35. The summed E-state index contributed by atoms with van der Waals surface area (Å²) in [6.45, 7) is 4.16. The standard InChI is InChI=1S/C20H25NO5S2/c1-4-5-6-7-10-26-15-9-8-14(11-16(15)25-3)12-17-18(22)21(20(27)28-17)13(2)19(23)24/h8-9,11-13H,4-7,10H2,1-3H3,(H,23,24)/p-1/b17-12-/t13-/m0/s1. The quantitative estimate of drug-likeness (QED) is 0.326. The third-order valence-electron chi connectivity index (χ3n) is 4.29. The van der Waals surface area contributed by atoms with E-state index in [-0.39, 0.29) is 4.32 Å². The van der Waals surface area contributed by atoms with Crippen molar-refractivity contribution in [2.24, 2.45) is 0 Å². The highest BCUT2D eigenvalue weighted by atomic mass is 32.2. The summed E-state index contributed by atoms with van der Waals surface area (Å²) in [6.07, 6.45) is 6.13. The van der Waals surface area contributed by atoms with Gasteiger partial charge in [-0.1, -0.05) is 56.2 Å². The second-order valence-electron chi connectivity index (χ2n) is 6.37. The Balaban J connectivity index is 2.12. The maximum Gasteiger partial charge on any atom is 0.266 e. The molecule has 2 rings (SSSR count). The van der Waals surface area contributed by atoms with Gasteiger partial charge < -0.3 is 19.4 Å². The molecule has 1 saturated heterocycles. The highest BCUT2D eigenvalue weighted by Crippen LogP contribution is 2.35. The minimum absolute atomic E-state index is 0.201. The fourth-order valence-electron chi connectivity index (χ4n) is 2.67. The molecule has 1 atom stereocenters. The summed E-state index contributed by atoms with van der Waals surface area (Å²) in [5.74, 6) is -0.571. The number of rotatable bonds is 10. The Morgan fingerprint density at radius 2 is 2.07 bits per heavy atom. The van der Waals surface area contributed by atoms with Gasteiger partial charge in [0.1, 0.15) is 4.32 Å². The zero-order valence-corrected chi connectivity index (χ0v) is 17.9. The van der Waals surface area contributed by atoms with Crippen LogP contribution < -0.4 is 14.6 Å². The van der Waals surface area contributed by atoms with Crippen LogP contribution in [0.15, 0.2) is 23.1 Å². The zero-order valence-electron chi connectivity index (χ0n) is 16.2. The van der Waals surface area contributed by atoms with Gasteiger partial charge in [0.05, 0.1) is 30.6 Å². The first-order valence-electron chi connectivity index (χ1n) is 9.17. The lowest BCUT2D eigenvalue weighted by Gasteiger charge is -2.23. The zero-order chi connectivity index (χ0) is 20.7. The monoisotopic (exact) mass is 422 g/mol. The Morgan fingerprint density at radius 1 is 1.32 bits per heavy atom. The molecule has 0 aliphatic carbocycles. The number of methoxy groups -OCH3 is 1. The molecular formula is C20H24NO5S2-. The van der Waals surface area contributed by atoms with Crippen LogP contribution in [0.3, 0.4) is 0 Å². The second kappa shape index (κ2) is 10.5. The van der Waals surface area contributed by atoms with Gasteiger partial charge >= 0.3 is 0 Å². The van der Waals surface area contributed by atoms with Gasteiger partial charge in [-0.05, 0) is 37.1 Å². The van der Waals surface area contributed by atoms with E-state index in [1.807, 2.05) is 6.07 Å². The summed E-state index contributed by atoms with van der Waals surface area (Å²) >= 11 is 6.21. The number of ether oxygens (including phenoxy) is 2. The number of carboxylic acids is 1. The van der Waals surface area contributed by atoms with Gasteiger partial charge in [-0.15, -0.1) is 0 Å². The van der Waals surface area contributed by atoms with Crippen LogP contribution >= 0.6 is 24.0 Å². The molecule has 0 unspecified atom stereocenters. The molecule has 0 spiro atoms. The maximum absolute atomic E-state index is 12.5. The minimum Gasteiger partial charge on any atom is -0.548 e. The fourth-order valence-corrected chi connectivity index (χ4v) is 4.09. The summed E-state index contributed by atoms with van der Waals surface area (Å²) in [5.41, 5.74) is 0.733. The number of thioether (sulfide) groups is 1. The highest BCUT2D eigenvalue weighted by molar-refractivity contribution is 8.26. The van der Waals surface area contributed by atoms with E-state index in [2.05, 4.69) is 6.92 Å². The topological polar surface area (TPSA) is 78.9 Å². The van der Waals surface area contributed by atoms with E-state index in [0.717, 1.165) is 35.1 Å². The van der Waals surface area contributed by atoms with Crippen LogP contribution in [0.4, 0.5) is 0 Å². The first kappa shape index (κ1) is 22.2. The molecule has 1 amide bonds. The average Bonchev–Trinajstić information content (AvgIpc) is 2.94. The molecule has 8 heteroatoms. The normalized spacial score (nSPS) is 16.5. The Hall–Kier alpha value is -2.06. The van der Waals surface area contributed by atoms with Crippen LogP contribution in [-0.2, 0) is 9.59 Å². The first-order valence-corrected chi connectivity index (χ1v) is 10.4. The minimum atomic E-state index is -1.35. The number of hydrogen-bond donors (Lipinski definition) is 0. The van der Waals surface area contributed by atoms with Gasteiger partial charge in [0.25, 0.3) is 5.91 Å². The van der Waals surface area contributed by atoms with Crippen molar-refractivity contribution in [3.05, 3.63) is 28.7 Å². The van der Waals surface area contributed by atoms with E-state index in [1.165, 1.54) is 19.8 Å². The SMILES string of the molecule is CCCCCCOc1ccc(/C=C2\SC(=S)N([C@@H](C)C(=O)[O-])C2=O)cc1OC. The molecule has 0 N–H and O–H groups in total. The molecule has 28 heavy (non-hydrogen) atoms. The van der Waals surface area contributed by atoms with Crippen LogP contribution in [0.25, 0.3) is 6.08 Å². The Labute approximate surface area is 174 Å². The lowest BCUT2D eigenvalue weighted by atomic mass is 10.1. The number of amides is 1. The summed E-state index contributed by atoms with van der Waals surface area (Å²) in [6, 6.07) is 4.28. The molecule has 1 heterocycles. The maximum atomic E-state index is 12.5. The van der Waals surface area contributed by atoms with E-state index >= 15 is 0 Å². The van der Waals surface area contributed by atoms with Crippen molar-refractivity contribution in [3.8, 4) is 11.5 Å². The van der Waals surface area contributed by atoms with Crippen molar-refractivity contribution in [2.45, 2.75) is 45.6 Å². The van der Waals surface area contributed by atoms with Gasteiger partial charge in [-0.2, -0.15) is 0 Å². The van der Waals surface area contributed by atoms with Crippen molar-refractivity contribution >= 4 is 46.3 Å². The summed E-state index contributed by atoms with van der Waals surface area (Å²) in [7, 11) is 1.56. The summed E-state index contributed by atoms with van der Waals surface area (Å²) < 4.78 is 11.4. The molecule has 0 aromatic heterocycles. The van der Waals surface area contributed by atoms with Gasteiger partial charge in [0, 0.05) is 0 Å². The number of carboxylic acid groups (broad SMARTS) is 1. The van der Waals surface area contributed by atoms with E-state index in [1.54, 1.807) is 25.3 Å². The smallest absolute Gasteiger partial charge is 0.266 e. The van der Waals surface area contributed by atoms with E-state index < -0.39 is 17.9 Å². The summed E-state index contributed by atoms with van der Waals surface area (Å²) in [5, 5.41) is 11.1. The second-order valence-corrected chi connectivity index (χ2v) is 8.04. The molecule has 1 aliphatic rings. The van der Waals surface area contributed by atoms with Crippen molar-refractivity contribution in [1.82, 2.24) is 4.90 Å². The molecular weight excluding hydrogens is 398 g/mol. The van der Waals surface area contributed by atoms with Crippen LogP contribution in [0, 0.1) is 0 Å². The molecule has 1 aromatic rings. The fraction of sp³-hybridized carbons (Fsp3) is 0.450. The lowest BCUT2D eigenvalue weighted by molar-refractivity contribution is -0.309. The molecule has 0 saturated carbocycles. The number of nitrogens with zero attached hydrogens (tertiary/aromatic N) is 1. The number of hydrogen-bond acceptors (Lipinski definition) is 7. The molecule has 1 fully saturated rings. The molecule has 0 bridgehead atoms. The van der Waals surface area contributed by atoms with Gasteiger partial charge in [0.15, 0.2) is 11.5 Å². The Kier molecular flexibility index (Phi) is 8.32. The van der Waals surface area contributed by atoms with Crippen molar-refractivity contribution in [2.75, 3.05) is 13.7 Å². The van der Waals surface area contributed by atoms with Crippen molar-refractivity contribution in [3.63, 3.8) is 0 Å². The van der Waals surface area contributed by atoms with Crippen LogP contribution in [0.5, 0.6) is 11.5 Å². The molecule has 1 aromatic carbocycles. The van der Waals surface area contributed by atoms with Gasteiger partial charge in [-0.25, -0.2) is 0 Å². The Morgan fingerprint density at radius 3 is 2.71 bits per heavy atom. The average molecular weight is 423 g/mol. The molecule has 152 valence electrons. The number of carbonyl (C=O) groups excluding carboxylic acids is 2. The predicted molar refractivity (Wildman–Crippen MR) is 112 cm³/mol.